The molecule has 1 aromatic carbocycles. The minimum absolute atomic E-state index is 0.357. The molecular weight excluding hydrogens is 248 g/mol. The molecule has 20 heavy (non-hydrogen) atoms. The maximum Gasteiger partial charge on any atom is 0.117 e. The number of piperidine rings is 1. The highest BCUT2D eigenvalue weighted by atomic mass is 16.3. The summed E-state index contributed by atoms with van der Waals surface area (Å²) >= 11 is 0. The summed E-state index contributed by atoms with van der Waals surface area (Å²) in [4.78, 5) is 2.50. The summed E-state index contributed by atoms with van der Waals surface area (Å²) in [5.74, 6) is 1.07. The van der Waals surface area contributed by atoms with E-state index in [0.29, 0.717) is 5.41 Å². The van der Waals surface area contributed by atoms with E-state index in [0.717, 1.165) is 31.9 Å². The van der Waals surface area contributed by atoms with E-state index in [1.54, 1.807) is 6.26 Å². The lowest BCUT2D eigenvalue weighted by Crippen LogP contribution is -2.43. The minimum Gasteiger partial charge on any atom is -0.468 e. The molecule has 2 aromatic rings. The molecule has 1 N–H and O–H groups in total. The van der Waals surface area contributed by atoms with Gasteiger partial charge in [-0.2, -0.15) is 0 Å². The minimum atomic E-state index is 0.357. The average molecular weight is 268 g/mol. The molecule has 2 aliphatic rings. The van der Waals surface area contributed by atoms with E-state index < -0.39 is 0 Å². The van der Waals surface area contributed by atoms with Gasteiger partial charge in [0.15, 0.2) is 0 Å². The standard InChI is InChI=1S/C17H20N2O/c1-2-6-16-15(5-1)17(13-18-16)7-9-19(10-8-17)12-14-4-3-11-20-14/h1-6,11,18H,7-10,12-13H2. The van der Waals surface area contributed by atoms with Crippen LogP contribution in [0.2, 0.25) is 0 Å². The van der Waals surface area contributed by atoms with Gasteiger partial charge in [0.2, 0.25) is 0 Å². The first-order valence-electron chi connectivity index (χ1n) is 7.44. The van der Waals surface area contributed by atoms with E-state index in [1.807, 2.05) is 6.07 Å². The van der Waals surface area contributed by atoms with Crippen LogP contribution in [0.5, 0.6) is 0 Å². The Kier molecular flexibility index (Phi) is 2.81. The summed E-state index contributed by atoms with van der Waals surface area (Å²) in [6.45, 7) is 4.34. The number of rotatable bonds is 2. The second-order valence-electron chi connectivity index (χ2n) is 6.03. The number of nitrogens with zero attached hydrogens (tertiary/aromatic N) is 1. The highest BCUT2D eigenvalue weighted by molar-refractivity contribution is 5.60. The number of nitrogens with one attached hydrogen (secondary N) is 1. The summed E-state index contributed by atoms with van der Waals surface area (Å²) in [5, 5.41) is 3.58. The van der Waals surface area contributed by atoms with Crippen molar-refractivity contribution in [2.75, 3.05) is 25.0 Å². The summed E-state index contributed by atoms with van der Waals surface area (Å²) in [5.41, 5.74) is 3.22. The van der Waals surface area contributed by atoms with Crippen LogP contribution in [0.4, 0.5) is 5.69 Å². The molecule has 0 aliphatic carbocycles. The van der Waals surface area contributed by atoms with Gasteiger partial charge in [-0.25, -0.2) is 0 Å². The Hall–Kier alpha value is -1.74. The molecular formula is C17H20N2O. The van der Waals surface area contributed by atoms with Crippen molar-refractivity contribution in [2.24, 2.45) is 0 Å². The zero-order valence-electron chi connectivity index (χ0n) is 11.6. The monoisotopic (exact) mass is 268 g/mol. The van der Waals surface area contributed by atoms with E-state index in [9.17, 15) is 0 Å². The second-order valence-corrected chi connectivity index (χ2v) is 6.03. The zero-order valence-corrected chi connectivity index (χ0v) is 11.6. The molecule has 0 saturated carbocycles. The molecule has 2 aliphatic heterocycles. The van der Waals surface area contributed by atoms with Crippen LogP contribution >= 0.6 is 0 Å². The van der Waals surface area contributed by atoms with Crippen molar-refractivity contribution in [3.8, 4) is 0 Å². The molecule has 3 heteroatoms. The molecule has 1 fully saturated rings. The van der Waals surface area contributed by atoms with Crippen LogP contribution in [0.15, 0.2) is 47.1 Å². The molecule has 0 unspecified atom stereocenters. The third kappa shape index (κ3) is 1.93. The maximum absolute atomic E-state index is 5.46. The van der Waals surface area contributed by atoms with Gasteiger partial charge in [0.1, 0.15) is 5.76 Å². The van der Waals surface area contributed by atoms with Crippen LogP contribution in [0, 0.1) is 0 Å². The first-order valence-corrected chi connectivity index (χ1v) is 7.44. The van der Waals surface area contributed by atoms with Crippen molar-refractivity contribution in [2.45, 2.75) is 24.8 Å². The van der Waals surface area contributed by atoms with Gasteiger partial charge < -0.3 is 9.73 Å². The van der Waals surface area contributed by atoms with Gasteiger partial charge in [0, 0.05) is 17.6 Å². The van der Waals surface area contributed by atoms with E-state index in [1.165, 1.54) is 24.1 Å². The number of benzene rings is 1. The SMILES string of the molecule is c1coc(CN2CCC3(CC2)CNc2ccccc23)c1. The quantitative estimate of drug-likeness (QED) is 0.906. The number of hydrogen-bond donors (Lipinski definition) is 1. The van der Waals surface area contributed by atoms with Crippen molar-refractivity contribution in [3.05, 3.63) is 54.0 Å². The average Bonchev–Trinajstić information content (AvgIpc) is 3.11. The predicted octanol–water partition coefficient (Wildman–Crippen LogP) is 3.24. The number of likely N-dealkylation sites (tertiary alicyclic amines) is 1. The smallest absolute Gasteiger partial charge is 0.117 e. The first-order chi connectivity index (χ1) is 9.86. The Morgan fingerprint density at radius 3 is 2.75 bits per heavy atom. The second kappa shape index (κ2) is 4.67. The lowest BCUT2D eigenvalue weighted by atomic mass is 9.74. The Balaban J connectivity index is 1.47. The van der Waals surface area contributed by atoms with Crippen molar-refractivity contribution < 1.29 is 4.42 Å². The summed E-state index contributed by atoms with van der Waals surface area (Å²) in [6, 6.07) is 12.8. The van der Waals surface area contributed by atoms with Crippen LogP contribution in [0.1, 0.15) is 24.2 Å². The molecule has 4 rings (SSSR count). The van der Waals surface area contributed by atoms with Crippen molar-refractivity contribution in [1.82, 2.24) is 4.90 Å². The summed E-state index contributed by atoms with van der Waals surface area (Å²) < 4.78 is 5.46. The van der Waals surface area contributed by atoms with Gasteiger partial charge in [0.05, 0.1) is 12.8 Å². The number of para-hydroxylation sites is 1. The lowest BCUT2D eigenvalue weighted by molar-refractivity contribution is 0.153. The molecule has 1 spiro atoms. The largest absolute Gasteiger partial charge is 0.468 e. The van der Waals surface area contributed by atoms with Crippen LogP contribution in [0.3, 0.4) is 0 Å². The fourth-order valence-electron chi connectivity index (χ4n) is 3.67. The molecule has 104 valence electrons. The van der Waals surface area contributed by atoms with Crippen LogP contribution in [-0.2, 0) is 12.0 Å². The van der Waals surface area contributed by atoms with Gasteiger partial charge in [-0.1, -0.05) is 18.2 Å². The van der Waals surface area contributed by atoms with E-state index >= 15 is 0 Å². The first kappa shape index (κ1) is 12.0. The lowest BCUT2D eigenvalue weighted by Gasteiger charge is -2.39. The van der Waals surface area contributed by atoms with Crippen molar-refractivity contribution in [1.29, 1.82) is 0 Å². The maximum atomic E-state index is 5.46. The van der Waals surface area contributed by atoms with E-state index in [2.05, 4.69) is 40.5 Å². The van der Waals surface area contributed by atoms with E-state index in [4.69, 9.17) is 4.42 Å². The molecule has 1 aromatic heterocycles. The molecule has 0 amide bonds. The number of furan rings is 1. The molecule has 1 saturated heterocycles. The Morgan fingerprint density at radius 2 is 1.95 bits per heavy atom. The molecule has 0 atom stereocenters. The Bertz CT molecular complexity index is 583. The van der Waals surface area contributed by atoms with Gasteiger partial charge >= 0.3 is 0 Å². The number of hydrogen-bond acceptors (Lipinski definition) is 3. The number of anilines is 1. The third-order valence-electron chi connectivity index (χ3n) is 4.89. The topological polar surface area (TPSA) is 28.4 Å². The number of fused-ring (bicyclic) bond motifs is 2. The van der Waals surface area contributed by atoms with Crippen molar-refractivity contribution >= 4 is 5.69 Å². The highest BCUT2D eigenvalue weighted by Gasteiger charge is 2.41. The normalized spacial score (nSPS) is 20.8. The summed E-state index contributed by atoms with van der Waals surface area (Å²) in [7, 11) is 0. The van der Waals surface area contributed by atoms with Gasteiger partial charge in [-0.3, -0.25) is 4.90 Å². The fourth-order valence-corrected chi connectivity index (χ4v) is 3.67. The van der Waals surface area contributed by atoms with Crippen LogP contribution in [-0.4, -0.2) is 24.5 Å². The third-order valence-corrected chi connectivity index (χ3v) is 4.89. The molecule has 0 radical (unpaired) electrons. The zero-order chi connectivity index (χ0) is 13.4. The highest BCUT2D eigenvalue weighted by Crippen LogP contribution is 2.43. The fraction of sp³-hybridized carbons (Fsp3) is 0.412. The summed E-state index contributed by atoms with van der Waals surface area (Å²) in [6.07, 6.45) is 4.23. The van der Waals surface area contributed by atoms with Crippen molar-refractivity contribution in [3.63, 3.8) is 0 Å². The molecule has 3 heterocycles. The Labute approximate surface area is 119 Å². The molecule has 3 nitrogen and oxygen atoms in total. The van der Waals surface area contributed by atoms with Gasteiger partial charge in [0.25, 0.3) is 0 Å². The van der Waals surface area contributed by atoms with E-state index in [-0.39, 0.29) is 0 Å². The van der Waals surface area contributed by atoms with Crippen LogP contribution in [0.25, 0.3) is 0 Å². The molecule has 0 bridgehead atoms. The Morgan fingerprint density at radius 1 is 1.10 bits per heavy atom. The predicted molar refractivity (Wildman–Crippen MR) is 79.8 cm³/mol. The van der Waals surface area contributed by atoms with Crippen LogP contribution < -0.4 is 5.32 Å². The van der Waals surface area contributed by atoms with Gasteiger partial charge in [-0.05, 0) is 49.7 Å². The van der Waals surface area contributed by atoms with Gasteiger partial charge in [-0.15, -0.1) is 0 Å².